The minimum Gasteiger partial charge on any atom is -0.261 e. The topological polar surface area (TPSA) is 12.9 Å². The van der Waals surface area contributed by atoms with Gasteiger partial charge in [-0.2, -0.15) is 0 Å². The summed E-state index contributed by atoms with van der Waals surface area (Å²) in [5, 5.41) is 0. The highest BCUT2D eigenvalue weighted by atomic mass is 14.7. The number of pyridine rings is 1. The molecular formula is C14H15N. The summed E-state index contributed by atoms with van der Waals surface area (Å²) in [7, 11) is 0. The molecule has 2 rings (SSSR count). The smallest absolute Gasteiger partial charge is 0.0441 e. The van der Waals surface area contributed by atoms with Gasteiger partial charge >= 0.3 is 0 Å². The van der Waals surface area contributed by atoms with Gasteiger partial charge < -0.3 is 0 Å². The number of aromatic nitrogens is 1. The van der Waals surface area contributed by atoms with Gasteiger partial charge in [-0.25, -0.2) is 0 Å². The highest BCUT2D eigenvalue weighted by Crippen LogP contribution is 1.93. The molecule has 0 aliphatic heterocycles. The van der Waals surface area contributed by atoms with E-state index in [0.717, 1.165) is 12.1 Å². The van der Waals surface area contributed by atoms with Crippen LogP contribution in [0.5, 0.6) is 0 Å². The summed E-state index contributed by atoms with van der Waals surface area (Å²) in [6.07, 6.45) is 4.50. The maximum Gasteiger partial charge on any atom is 0.0441 e. The third-order valence-electron chi connectivity index (χ3n) is 1.75. The van der Waals surface area contributed by atoms with E-state index in [1.165, 1.54) is 0 Å². The van der Waals surface area contributed by atoms with Gasteiger partial charge in [0, 0.05) is 18.3 Å². The van der Waals surface area contributed by atoms with E-state index in [9.17, 15) is 0 Å². The number of benzene rings is 1. The first kappa shape index (κ1) is 11.2. The van der Waals surface area contributed by atoms with Gasteiger partial charge in [-0.15, -0.1) is 6.58 Å². The number of allylic oxidation sites excluding steroid dienone is 1. The van der Waals surface area contributed by atoms with Crippen molar-refractivity contribution in [2.75, 3.05) is 0 Å². The van der Waals surface area contributed by atoms with Gasteiger partial charge in [0.15, 0.2) is 0 Å². The lowest BCUT2D eigenvalue weighted by Crippen LogP contribution is -1.82. The fraction of sp³-hybridized carbons (Fsp3) is 0.0714. The summed E-state index contributed by atoms with van der Waals surface area (Å²) in [6.45, 7) is 3.62. The largest absolute Gasteiger partial charge is 0.261 e. The first-order valence-electron chi connectivity index (χ1n) is 4.94. The van der Waals surface area contributed by atoms with E-state index in [0.29, 0.717) is 0 Å². The molecule has 1 aromatic carbocycles. The van der Waals surface area contributed by atoms with Crippen LogP contribution in [0.25, 0.3) is 0 Å². The van der Waals surface area contributed by atoms with Crippen molar-refractivity contribution in [3.8, 4) is 0 Å². The standard InChI is InChI=1S/C8H9N.C6H6/c1-2-5-8-6-3-4-7-9-8;1-2-4-6-5-3-1/h2-4,6-7H,1,5H2;1-6H. The lowest BCUT2D eigenvalue weighted by atomic mass is 10.3. The molecular weight excluding hydrogens is 182 g/mol. The molecule has 0 amide bonds. The van der Waals surface area contributed by atoms with E-state index in [1.54, 1.807) is 6.20 Å². The van der Waals surface area contributed by atoms with Crippen molar-refractivity contribution >= 4 is 0 Å². The van der Waals surface area contributed by atoms with E-state index >= 15 is 0 Å². The second kappa shape index (κ2) is 7.51. The molecule has 0 aliphatic rings. The van der Waals surface area contributed by atoms with Crippen LogP contribution in [0.3, 0.4) is 0 Å². The van der Waals surface area contributed by atoms with Crippen molar-refractivity contribution in [1.29, 1.82) is 0 Å². The molecule has 0 radical (unpaired) electrons. The Labute approximate surface area is 91.1 Å². The van der Waals surface area contributed by atoms with Crippen molar-refractivity contribution in [1.82, 2.24) is 4.98 Å². The van der Waals surface area contributed by atoms with Gasteiger partial charge in [-0.3, -0.25) is 4.98 Å². The van der Waals surface area contributed by atoms with Crippen molar-refractivity contribution in [2.45, 2.75) is 6.42 Å². The Morgan fingerprint density at radius 1 is 0.933 bits per heavy atom. The molecule has 0 aliphatic carbocycles. The Kier molecular flexibility index (Phi) is 5.60. The molecule has 0 spiro atoms. The number of hydrogen-bond donors (Lipinski definition) is 0. The second-order valence-electron chi connectivity index (χ2n) is 2.97. The normalized spacial score (nSPS) is 8.53. The molecule has 0 saturated heterocycles. The van der Waals surface area contributed by atoms with Gasteiger partial charge in [-0.1, -0.05) is 48.5 Å². The van der Waals surface area contributed by atoms with Crippen molar-refractivity contribution < 1.29 is 0 Å². The van der Waals surface area contributed by atoms with Gasteiger partial charge in [0.1, 0.15) is 0 Å². The minimum atomic E-state index is 0.862. The predicted octanol–water partition coefficient (Wildman–Crippen LogP) is 3.50. The maximum atomic E-state index is 4.10. The second-order valence-corrected chi connectivity index (χ2v) is 2.97. The van der Waals surface area contributed by atoms with E-state index in [4.69, 9.17) is 0 Å². The van der Waals surface area contributed by atoms with E-state index < -0.39 is 0 Å². The average Bonchev–Trinajstić information content (AvgIpc) is 2.34. The molecule has 0 N–H and O–H groups in total. The van der Waals surface area contributed by atoms with Crippen LogP contribution in [-0.2, 0) is 6.42 Å². The fourth-order valence-electron chi connectivity index (χ4n) is 1.05. The molecule has 1 heteroatoms. The van der Waals surface area contributed by atoms with Gasteiger partial charge in [0.2, 0.25) is 0 Å². The third kappa shape index (κ3) is 5.42. The fourth-order valence-corrected chi connectivity index (χ4v) is 1.05. The van der Waals surface area contributed by atoms with Crippen LogP contribution < -0.4 is 0 Å². The predicted molar refractivity (Wildman–Crippen MR) is 64.6 cm³/mol. The van der Waals surface area contributed by atoms with Crippen LogP contribution in [0, 0.1) is 0 Å². The van der Waals surface area contributed by atoms with Crippen LogP contribution in [0.4, 0.5) is 0 Å². The molecule has 0 saturated carbocycles. The first-order chi connectivity index (χ1) is 7.43. The highest BCUT2D eigenvalue weighted by molar-refractivity contribution is 5.06. The third-order valence-corrected chi connectivity index (χ3v) is 1.75. The first-order valence-corrected chi connectivity index (χ1v) is 4.94. The zero-order valence-corrected chi connectivity index (χ0v) is 8.71. The number of rotatable bonds is 2. The summed E-state index contributed by atoms with van der Waals surface area (Å²) in [5.74, 6) is 0. The molecule has 76 valence electrons. The van der Waals surface area contributed by atoms with Crippen LogP contribution in [-0.4, -0.2) is 4.98 Å². The Hall–Kier alpha value is -1.89. The zero-order valence-electron chi connectivity index (χ0n) is 8.71. The van der Waals surface area contributed by atoms with Crippen molar-refractivity contribution in [3.05, 3.63) is 79.1 Å². The maximum absolute atomic E-state index is 4.10. The van der Waals surface area contributed by atoms with Gasteiger partial charge in [-0.05, 0) is 12.1 Å². The van der Waals surface area contributed by atoms with Crippen LogP contribution >= 0.6 is 0 Å². The number of nitrogens with zero attached hydrogens (tertiary/aromatic N) is 1. The lowest BCUT2D eigenvalue weighted by molar-refractivity contribution is 1.11. The summed E-state index contributed by atoms with van der Waals surface area (Å²) in [4.78, 5) is 4.10. The molecule has 1 nitrogen and oxygen atoms in total. The highest BCUT2D eigenvalue weighted by Gasteiger charge is 1.83. The van der Waals surface area contributed by atoms with E-state index in [1.807, 2.05) is 60.7 Å². The SMILES string of the molecule is C=CCc1ccccn1.c1ccccc1. The quantitative estimate of drug-likeness (QED) is 0.671. The van der Waals surface area contributed by atoms with Crippen LogP contribution in [0.15, 0.2) is 73.4 Å². The summed E-state index contributed by atoms with van der Waals surface area (Å²) in [6, 6.07) is 17.9. The van der Waals surface area contributed by atoms with E-state index in [2.05, 4.69) is 11.6 Å². The van der Waals surface area contributed by atoms with Crippen molar-refractivity contribution in [3.63, 3.8) is 0 Å². The molecule has 15 heavy (non-hydrogen) atoms. The number of hydrogen-bond acceptors (Lipinski definition) is 1. The Morgan fingerprint density at radius 2 is 1.53 bits per heavy atom. The van der Waals surface area contributed by atoms with Crippen LogP contribution in [0.1, 0.15) is 5.69 Å². The molecule has 0 bridgehead atoms. The lowest BCUT2D eigenvalue weighted by Gasteiger charge is -1.90. The van der Waals surface area contributed by atoms with E-state index in [-0.39, 0.29) is 0 Å². The van der Waals surface area contributed by atoms with Gasteiger partial charge in [0.05, 0.1) is 0 Å². The monoisotopic (exact) mass is 197 g/mol. The molecule has 2 aromatic rings. The molecule has 0 fully saturated rings. The average molecular weight is 197 g/mol. The summed E-state index contributed by atoms with van der Waals surface area (Å²) < 4.78 is 0. The summed E-state index contributed by atoms with van der Waals surface area (Å²) in [5.41, 5.74) is 1.08. The Balaban J connectivity index is 0.000000162. The minimum absolute atomic E-state index is 0.862. The molecule has 0 unspecified atom stereocenters. The van der Waals surface area contributed by atoms with Crippen molar-refractivity contribution in [2.24, 2.45) is 0 Å². The summed E-state index contributed by atoms with van der Waals surface area (Å²) >= 11 is 0. The molecule has 1 heterocycles. The Morgan fingerprint density at radius 3 is 1.93 bits per heavy atom. The molecule has 0 atom stereocenters. The zero-order chi connectivity index (χ0) is 10.8. The van der Waals surface area contributed by atoms with Crippen LogP contribution in [0.2, 0.25) is 0 Å². The Bertz CT molecular complexity index is 327. The molecule has 1 aromatic heterocycles. The van der Waals surface area contributed by atoms with Gasteiger partial charge in [0.25, 0.3) is 0 Å².